The number of rotatable bonds is 7. The second-order valence-electron chi connectivity index (χ2n) is 7.30. The third-order valence-corrected chi connectivity index (χ3v) is 5.35. The topological polar surface area (TPSA) is 68.5 Å². The summed E-state index contributed by atoms with van der Waals surface area (Å²) in [6, 6.07) is 13.9. The van der Waals surface area contributed by atoms with Crippen molar-refractivity contribution in [2.75, 3.05) is 6.54 Å². The number of ether oxygens (including phenoxy) is 1. The van der Waals surface area contributed by atoms with Crippen LogP contribution in [0.4, 0.5) is 0 Å². The molecule has 3 aromatic rings. The van der Waals surface area contributed by atoms with Crippen molar-refractivity contribution in [3.8, 4) is 5.75 Å². The van der Waals surface area contributed by atoms with Crippen LogP contribution in [0.3, 0.4) is 0 Å². The van der Waals surface area contributed by atoms with E-state index in [0.717, 1.165) is 23.6 Å². The molecule has 6 heteroatoms. The molecule has 0 aliphatic heterocycles. The number of carbonyl (C=O) groups excluding carboxylic acids is 1. The van der Waals surface area contributed by atoms with E-state index in [4.69, 9.17) is 9.26 Å². The third kappa shape index (κ3) is 3.86. The second-order valence-corrected chi connectivity index (χ2v) is 7.30. The lowest BCUT2D eigenvalue weighted by Crippen LogP contribution is -2.40. The quantitative estimate of drug-likeness (QED) is 0.612. The van der Waals surface area contributed by atoms with Gasteiger partial charge in [-0.1, -0.05) is 41.9 Å². The first kappa shape index (κ1) is 18.5. The Morgan fingerprint density at radius 1 is 1.25 bits per heavy atom. The first-order valence-electron chi connectivity index (χ1n) is 9.90. The fraction of sp³-hybridized carbons (Fsp3) is 0.409. The van der Waals surface area contributed by atoms with E-state index in [1.165, 1.54) is 6.42 Å². The summed E-state index contributed by atoms with van der Waals surface area (Å²) in [4.78, 5) is 19.0. The van der Waals surface area contributed by atoms with Gasteiger partial charge in [-0.3, -0.25) is 4.79 Å². The largest absolute Gasteiger partial charge is 0.481 e. The molecule has 1 fully saturated rings. The average Bonchev–Trinajstić information content (AvgIpc) is 3.12. The van der Waals surface area contributed by atoms with Crippen LogP contribution in [-0.2, 0) is 11.3 Å². The van der Waals surface area contributed by atoms with Crippen molar-refractivity contribution in [1.82, 2.24) is 15.0 Å². The number of benzene rings is 2. The molecule has 1 aromatic heterocycles. The Balaban J connectivity index is 1.40. The molecule has 1 amide bonds. The number of nitrogens with zero attached hydrogens (tertiary/aromatic N) is 3. The molecule has 1 atom stereocenters. The van der Waals surface area contributed by atoms with Gasteiger partial charge in [0.05, 0.1) is 6.54 Å². The van der Waals surface area contributed by atoms with Crippen molar-refractivity contribution in [2.45, 2.75) is 51.7 Å². The molecule has 6 nitrogen and oxygen atoms in total. The molecule has 1 aliphatic carbocycles. The van der Waals surface area contributed by atoms with Crippen molar-refractivity contribution < 1.29 is 14.1 Å². The van der Waals surface area contributed by atoms with Gasteiger partial charge in [0, 0.05) is 12.5 Å². The molecule has 1 aliphatic rings. The van der Waals surface area contributed by atoms with Crippen molar-refractivity contribution in [2.24, 2.45) is 0 Å². The highest BCUT2D eigenvalue weighted by atomic mass is 16.5. The fourth-order valence-electron chi connectivity index (χ4n) is 3.42. The predicted octanol–water partition coefficient (Wildman–Crippen LogP) is 4.31. The molecule has 0 N–H and O–H groups in total. The zero-order chi connectivity index (χ0) is 19.5. The summed E-state index contributed by atoms with van der Waals surface area (Å²) in [5.41, 5.74) is 0. The molecule has 2 aromatic carbocycles. The Kier molecular flexibility index (Phi) is 5.28. The molecule has 0 saturated heterocycles. The normalized spacial score (nSPS) is 15.2. The molecule has 146 valence electrons. The van der Waals surface area contributed by atoms with Crippen LogP contribution in [0.1, 0.15) is 50.7 Å². The monoisotopic (exact) mass is 379 g/mol. The Morgan fingerprint density at radius 2 is 2.04 bits per heavy atom. The second kappa shape index (κ2) is 8.00. The molecular weight excluding hydrogens is 354 g/mol. The Bertz CT molecular complexity index is 964. The molecule has 1 heterocycles. The third-order valence-electron chi connectivity index (χ3n) is 5.35. The van der Waals surface area contributed by atoms with Crippen LogP contribution in [0.5, 0.6) is 5.75 Å². The van der Waals surface area contributed by atoms with Crippen molar-refractivity contribution in [3.05, 3.63) is 54.2 Å². The van der Waals surface area contributed by atoms with Crippen LogP contribution >= 0.6 is 0 Å². The van der Waals surface area contributed by atoms with Crippen LogP contribution < -0.4 is 4.74 Å². The number of hydrogen-bond acceptors (Lipinski definition) is 5. The SMILES string of the molecule is CCN(Cc1noc(C2CCC2)n1)C(=O)C(C)Oc1ccc2ccccc2c1. The van der Waals surface area contributed by atoms with Crippen LogP contribution in [-0.4, -0.2) is 33.6 Å². The van der Waals surface area contributed by atoms with Crippen LogP contribution in [0.2, 0.25) is 0 Å². The molecule has 0 spiro atoms. The van der Waals surface area contributed by atoms with Gasteiger partial charge in [0.2, 0.25) is 5.89 Å². The number of fused-ring (bicyclic) bond motifs is 1. The average molecular weight is 379 g/mol. The molecule has 28 heavy (non-hydrogen) atoms. The molecule has 4 rings (SSSR count). The Labute approximate surface area is 164 Å². The summed E-state index contributed by atoms with van der Waals surface area (Å²) in [6.07, 6.45) is 2.83. The Morgan fingerprint density at radius 3 is 2.75 bits per heavy atom. The summed E-state index contributed by atoms with van der Waals surface area (Å²) in [7, 11) is 0. The maximum atomic E-state index is 12.9. The van der Waals surface area contributed by atoms with Crippen molar-refractivity contribution in [3.63, 3.8) is 0 Å². The zero-order valence-corrected chi connectivity index (χ0v) is 16.3. The summed E-state index contributed by atoms with van der Waals surface area (Å²) in [6.45, 7) is 4.60. The van der Waals surface area contributed by atoms with Gasteiger partial charge >= 0.3 is 0 Å². The van der Waals surface area contributed by atoms with Crippen molar-refractivity contribution in [1.29, 1.82) is 0 Å². The zero-order valence-electron chi connectivity index (χ0n) is 16.3. The van der Waals surface area contributed by atoms with E-state index in [0.29, 0.717) is 36.5 Å². The van der Waals surface area contributed by atoms with E-state index in [2.05, 4.69) is 16.2 Å². The lowest BCUT2D eigenvalue weighted by atomic mass is 9.85. The van der Waals surface area contributed by atoms with E-state index >= 15 is 0 Å². The summed E-state index contributed by atoms with van der Waals surface area (Å²) in [5.74, 6) is 2.23. The highest BCUT2D eigenvalue weighted by molar-refractivity contribution is 5.84. The molecule has 0 radical (unpaired) electrons. The van der Waals surface area contributed by atoms with Crippen LogP contribution in [0.15, 0.2) is 47.0 Å². The lowest BCUT2D eigenvalue weighted by Gasteiger charge is -2.24. The van der Waals surface area contributed by atoms with E-state index in [9.17, 15) is 4.79 Å². The minimum atomic E-state index is -0.598. The number of aromatic nitrogens is 2. The first-order chi connectivity index (χ1) is 13.6. The number of likely N-dealkylation sites (N-methyl/N-ethyl adjacent to an activating group) is 1. The van der Waals surface area contributed by atoms with Gasteiger partial charge in [0.1, 0.15) is 5.75 Å². The number of hydrogen-bond donors (Lipinski definition) is 0. The number of amides is 1. The summed E-state index contributed by atoms with van der Waals surface area (Å²) in [5, 5.41) is 6.27. The highest BCUT2D eigenvalue weighted by Gasteiger charge is 2.27. The van der Waals surface area contributed by atoms with Gasteiger partial charge in [0.25, 0.3) is 5.91 Å². The predicted molar refractivity (Wildman–Crippen MR) is 106 cm³/mol. The first-order valence-corrected chi connectivity index (χ1v) is 9.90. The summed E-state index contributed by atoms with van der Waals surface area (Å²) >= 11 is 0. The van der Waals surface area contributed by atoms with Crippen LogP contribution in [0.25, 0.3) is 10.8 Å². The van der Waals surface area contributed by atoms with E-state index in [1.54, 1.807) is 11.8 Å². The van der Waals surface area contributed by atoms with Gasteiger partial charge in [-0.05, 0) is 49.6 Å². The van der Waals surface area contributed by atoms with Gasteiger partial charge in [-0.2, -0.15) is 4.98 Å². The van der Waals surface area contributed by atoms with Gasteiger partial charge in [0.15, 0.2) is 11.9 Å². The van der Waals surface area contributed by atoms with Crippen LogP contribution in [0, 0.1) is 0 Å². The minimum Gasteiger partial charge on any atom is -0.481 e. The minimum absolute atomic E-state index is 0.0920. The van der Waals surface area contributed by atoms with Gasteiger partial charge < -0.3 is 14.2 Å². The molecule has 0 bridgehead atoms. The summed E-state index contributed by atoms with van der Waals surface area (Å²) < 4.78 is 11.3. The van der Waals surface area contributed by atoms with E-state index in [-0.39, 0.29) is 5.91 Å². The van der Waals surface area contributed by atoms with Gasteiger partial charge in [-0.25, -0.2) is 0 Å². The highest BCUT2D eigenvalue weighted by Crippen LogP contribution is 2.35. The van der Waals surface area contributed by atoms with Crippen molar-refractivity contribution >= 4 is 16.7 Å². The lowest BCUT2D eigenvalue weighted by molar-refractivity contribution is -0.138. The molecule has 1 unspecified atom stereocenters. The standard InChI is InChI=1S/C22H25N3O3/c1-3-25(14-20-23-21(28-24-20)17-9-6-10-17)22(26)15(2)27-19-12-11-16-7-4-5-8-18(16)13-19/h4-5,7-8,11-13,15,17H,3,6,9-10,14H2,1-2H3. The van der Waals surface area contributed by atoms with Gasteiger partial charge in [-0.15, -0.1) is 0 Å². The fourth-order valence-corrected chi connectivity index (χ4v) is 3.42. The molecule has 1 saturated carbocycles. The van der Waals surface area contributed by atoms with E-state index < -0.39 is 6.10 Å². The maximum absolute atomic E-state index is 12.9. The molecular formula is C22H25N3O3. The maximum Gasteiger partial charge on any atom is 0.263 e. The van der Waals surface area contributed by atoms with E-state index in [1.807, 2.05) is 43.3 Å². The smallest absolute Gasteiger partial charge is 0.263 e. The number of carbonyl (C=O) groups is 1. The Hall–Kier alpha value is -2.89.